The molecular weight excluding hydrogens is 194 g/mol. The van der Waals surface area contributed by atoms with E-state index in [1.54, 1.807) is 0 Å². The van der Waals surface area contributed by atoms with Crippen LogP contribution in [0.1, 0.15) is 26.2 Å². The molecule has 0 aromatic rings. The van der Waals surface area contributed by atoms with Gasteiger partial charge in [0.2, 0.25) is 11.8 Å². The van der Waals surface area contributed by atoms with Crippen molar-refractivity contribution in [2.75, 3.05) is 13.1 Å². The third kappa shape index (κ3) is 2.12. The Morgan fingerprint density at radius 3 is 2.93 bits per heavy atom. The molecule has 0 radical (unpaired) electrons. The standard InChI is InChI=1S/C10H17N3O2/c1-10(3-2-4-12-10)9(15)13-7-5-8(14)11-6-7/h7,12H,2-6H2,1H3,(H,11,14)(H,13,15). The van der Waals surface area contributed by atoms with Crippen LogP contribution in [0, 0.1) is 0 Å². The van der Waals surface area contributed by atoms with Gasteiger partial charge < -0.3 is 16.0 Å². The number of amides is 2. The van der Waals surface area contributed by atoms with Crippen molar-refractivity contribution in [1.29, 1.82) is 0 Å². The van der Waals surface area contributed by atoms with Gasteiger partial charge >= 0.3 is 0 Å². The molecule has 2 atom stereocenters. The topological polar surface area (TPSA) is 70.2 Å². The van der Waals surface area contributed by atoms with Gasteiger partial charge in [-0.3, -0.25) is 9.59 Å². The maximum absolute atomic E-state index is 11.9. The van der Waals surface area contributed by atoms with E-state index in [0.717, 1.165) is 19.4 Å². The van der Waals surface area contributed by atoms with Crippen LogP contribution >= 0.6 is 0 Å². The average Bonchev–Trinajstić information content (AvgIpc) is 2.76. The van der Waals surface area contributed by atoms with Crippen LogP contribution in [0.15, 0.2) is 0 Å². The summed E-state index contributed by atoms with van der Waals surface area (Å²) in [6.45, 7) is 3.37. The summed E-state index contributed by atoms with van der Waals surface area (Å²) < 4.78 is 0. The second kappa shape index (κ2) is 3.81. The SMILES string of the molecule is CC1(C(=O)NC2CNC(=O)C2)CCCN1. The quantitative estimate of drug-likeness (QED) is 0.556. The molecule has 15 heavy (non-hydrogen) atoms. The molecule has 2 saturated heterocycles. The van der Waals surface area contributed by atoms with Gasteiger partial charge in [0.25, 0.3) is 0 Å². The average molecular weight is 211 g/mol. The van der Waals surface area contributed by atoms with Gasteiger partial charge in [-0.15, -0.1) is 0 Å². The molecule has 2 rings (SSSR count). The molecule has 0 saturated carbocycles. The highest BCUT2D eigenvalue weighted by Gasteiger charge is 2.37. The molecule has 2 amide bonds. The zero-order valence-corrected chi connectivity index (χ0v) is 8.93. The van der Waals surface area contributed by atoms with Crippen LogP contribution in [0.2, 0.25) is 0 Å². The molecule has 2 aliphatic heterocycles. The Labute approximate surface area is 89.0 Å². The number of carbonyl (C=O) groups is 2. The summed E-state index contributed by atoms with van der Waals surface area (Å²) in [6, 6.07) is -0.0378. The summed E-state index contributed by atoms with van der Waals surface area (Å²) in [5.74, 6) is 0.0336. The van der Waals surface area contributed by atoms with Crippen molar-refractivity contribution in [2.45, 2.75) is 37.8 Å². The first kappa shape index (κ1) is 10.4. The van der Waals surface area contributed by atoms with Gasteiger partial charge in [-0.2, -0.15) is 0 Å². The van der Waals surface area contributed by atoms with Gasteiger partial charge in [0.1, 0.15) is 0 Å². The molecule has 2 aliphatic rings. The number of rotatable bonds is 2. The van der Waals surface area contributed by atoms with E-state index in [1.165, 1.54) is 0 Å². The summed E-state index contributed by atoms with van der Waals surface area (Å²) in [5.41, 5.74) is -0.439. The van der Waals surface area contributed by atoms with Gasteiger partial charge in [0.15, 0.2) is 0 Å². The normalized spacial score (nSPS) is 35.3. The lowest BCUT2D eigenvalue weighted by atomic mass is 9.99. The summed E-state index contributed by atoms with van der Waals surface area (Å²) in [7, 11) is 0. The van der Waals surface area contributed by atoms with Crippen LogP contribution in [0.4, 0.5) is 0 Å². The van der Waals surface area contributed by atoms with E-state index in [4.69, 9.17) is 0 Å². The van der Waals surface area contributed by atoms with Crippen molar-refractivity contribution in [1.82, 2.24) is 16.0 Å². The lowest BCUT2D eigenvalue weighted by Gasteiger charge is -2.24. The molecule has 0 bridgehead atoms. The second-order valence-electron chi connectivity index (χ2n) is 4.54. The number of hydrogen-bond acceptors (Lipinski definition) is 3. The lowest BCUT2D eigenvalue weighted by molar-refractivity contribution is -0.127. The fourth-order valence-electron chi connectivity index (χ4n) is 2.14. The minimum absolute atomic E-state index is 0.0153. The number of carbonyl (C=O) groups excluding carboxylic acids is 2. The smallest absolute Gasteiger partial charge is 0.240 e. The second-order valence-corrected chi connectivity index (χ2v) is 4.54. The van der Waals surface area contributed by atoms with Crippen LogP contribution in [0.25, 0.3) is 0 Å². The van der Waals surface area contributed by atoms with Crippen molar-refractivity contribution >= 4 is 11.8 Å². The molecule has 5 heteroatoms. The van der Waals surface area contributed by atoms with Crippen LogP contribution in [-0.2, 0) is 9.59 Å². The molecule has 5 nitrogen and oxygen atoms in total. The third-order valence-corrected chi connectivity index (χ3v) is 3.18. The first-order valence-corrected chi connectivity index (χ1v) is 5.43. The fourth-order valence-corrected chi connectivity index (χ4v) is 2.14. The monoisotopic (exact) mass is 211 g/mol. The zero-order chi connectivity index (χ0) is 10.9. The Hall–Kier alpha value is -1.10. The molecule has 0 aromatic carbocycles. The van der Waals surface area contributed by atoms with Gasteiger partial charge in [-0.05, 0) is 26.3 Å². The maximum Gasteiger partial charge on any atom is 0.240 e. The third-order valence-electron chi connectivity index (χ3n) is 3.18. The lowest BCUT2D eigenvalue weighted by Crippen LogP contribution is -2.54. The van der Waals surface area contributed by atoms with E-state index in [-0.39, 0.29) is 17.9 Å². The van der Waals surface area contributed by atoms with E-state index < -0.39 is 5.54 Å². The number of hydrogen-bond donors (Lipinski definition) is 3. The van der Waals surface area contributed by atoms with Gasteiger partial charge in [-0.25, -0.2) is 0 Å². The van der Waals surface area contributed by atoms with Crippen LogP contribution in [-0.4, -0.2) is 36.5 Å². The minimum Gasteiger partial charge on any atom is -0.354 e. The van der Waals surface area contributed by atoms with Gasteiger partial charge in [-0.1, -0.05) is 0 Å². The summed E-state index contributed by atoms with van der Waals surface area (Å²) in [4.78, 5) is 22.9. The summed E-state index contributed by atoms with van der Waals surface area (Å²) >= 11 is 0. The van der Waals surface area contributed by atoms with Crippen molar-refractivity contribution in [3.05, 3.63) is 0 Å². The highest BCUT2D eigenvalue weighted by atomic mass is 16.2. The fraction of sp³-hybridized carbons (Fsp3) is 0.800. The Kier molecular flexibility index (Phi) is 2.65. The van der Waals surface area contributed by atoms with Gasteiger partial charge in [0.05, 0.1) is 11.6 Å². The largest absolute Gasteiger partial charge is 0.354 e. The Morgan fingerprint density at radius 2 is 2.40 bits per heavy atom. The maximum atomic E-state index is 11.9. The summed E-state index contributed by atoms with van der Waals surface area (Å²) in [5, 5.41) is 8.81. The molecule has 84 valence electrons. The number of nitrogens with one attached hydrogen (secondary N) is 3. The van der Waals surface area contributed by atoms with Crippen LogP contribution in [0.3, 0.4) is 0 Å². The Morgan fingerprint density at radius 1 is 1.60 bits per heavy atom. The van der Waals surface area contributed by atoms with E-state index in [1.807, 2.05) is 6.92 Å². The predicted octanol–water partition coefficient (Wildman–Crippen LogP) is -0.867. The first-order valence-electron chi connectivity index (χ1n) is 5.43. The van der Waals surface area contributed by atoms with E-state index in [2.05, 4.69) is 16.0 Å². The molecule has 0 aliphatic carbocycles. The zero-order valence-electron chi connectivity index (χ0n) is 8.93. The molecule has 0 spiro atoms. The van der Waals surface area contributed by atoms with E-state index in [0.29, 0.717) is 13.0 Å². The highest BCUT2D eigenvalue weighted by molar-refractivity contribution is 5.88. The molecule has 2 heterocycles. The minimum atomic E-state index is -0.439. The van der Waals surface area contributed by atoms with Crippen molar-refractivity contribution < 1.29 is 9.59 Å². The molecule has 2 fully saturated rings. The van der Waals surface area contributed by atoms with Gasteiger partial charge in [0, 0.05) is 13.0 Å². The summed E-state index contributed by atoms with van der Waals surface area (Å²) in [6.07, 6.45) is 2.31. The Balaban J connectivity index is 1.89. The van der Waals surface area contributed by atoms with Crippen molar-refractivity contribution in [2.24, 2.45) is 0 Å². The van der Waals surface area contributed by atoms with Crippen molar-refractivity contribution in [3.63, 3.8) is 0 Å². The molecule has 3 N–H and O–H groups in total. The molecular formula is C10H17N3O2. The highest BCUT2D eigenvalue weighted by Crippen LogP contribution is 2.18. The van der Waals surface area contributed by atoms with E-state index >= 15 is 0 Å². The molecule has 0 aromatic heterocycles. The predicted molar refractivity (Wildman–Crippen MR) is 55.2 cm³/mol. The first-order chi connectivity index (χ1) is 7.10. The van der Waals surface area contributed by atoms with Crippen LogP contribution < -0.4 is 16.0 Å². The molecule has 2 unspecified atom stereocenters. The van der Waals surface area contributed by atoms with Crippen LogP contribution in [0.5, 0.6) is 0 Å². The Bertz CT molecular complexity index is 284. The van der Waals surface area contributed by atoms with Crippen molar-refractivity contribution in [3.8, 4) is 0 Å². The van der Waals surface area contributed by atoms with E-state index in [9.17, 15) is 9.59 Å².